The van der Waals surface area contributed by atoms with Gasteiger partial charge in [-0.2, -0.15) is 5.10 Å². The van der Waals surface area contributed by atoms with E-state index in [1.54, 1.807) is 36.0 Å². The molecule has 1 aliphatic rings. The lowest BCUT2D eigenvalue weighted by Gasteiger charge is -2.24. The van der Waals surface area contributed by atoms with Gasteiger partial charge in [0.25, 0.3) is 0 Å². The van der Waals surface area contributed by atoms with E-state index >= 15 is 4.39 Å². The van der Waals surface area contributed by atoms with Gasteiger partial charge in [-0.3, -0.25) is 19.9 Å². The number of aromatic amines is 2. The summed E-state index contributed by atoms with van der Waals surface area (Å²) >= 11 is 1.64. The molecule has 0 aliphatic heterocycles. The summed E-state index contributed by atoms with van der Waals surface area (Å²) in [5, 5.41) is 10.3. The van der Waals surface area contributed by atoms with E-state index in [4.69, 9.17) is 4.98 Å². The van der Waals surface area contributed by atoms with Gasteiger partial charge in [0.15, 0.2) is 11.5 Å². The predicted molar refractivity (Wildman–Crippen MR) is 144 cm³/mol. The van der Waals surface area contributed by atoms with Gasteiger partial charge in [0.1, 0.15) is 22.7 Å². The van der Waals surface area contributed by atoms with Crippen LogP contribution in [0.5, 0.6) is 0 Å². The number of carbonyl (C=O) groups excluding carboxylic acids is 1. The standard InChI is InChI=1S/C27H21FN8OS/c1-13-5-6-19(38-13)23-22-18(7-8-30-23)33-26(34-22)24-20-21(28)17(12-31-25(20)36-35-24)15-9-16(11-29-10-15)32-27(37)14-3-2-4-14/h5-12,14H,2-4H2,1H3,(H,32,37)(H,33,34)(H,31,35,36). The Balaban J connectivity index is 1.30. The summed E-state index contributed by atoms with van der Waals surface area (Å²) in [6, 6.07) is 7.60. The van der Waals surface area contributed by atoms with Crippen molar-refractivity contribution in [2.75, 3.05) is 5.32 Å². The number of hydrogen-bond donors (Lipinski definition) is 3. The molecule has 11 heteroatoms. The summed E-state index contributed by atoms with van der Waals surface area (Å²) in [4.78, 5) is 35.8. The van der Waals surface area contributed by atoms with Crippen LogP contribution in [-0.4, -0.2) is 41.0 Å². The SMILES string of the molecule is Cc1ccc(-c2nccc3[nH]c(-c4n[nH]c5ncc(-c6cncc(NC(=O)C7CCC7)c6)c(F)c45)nc23)s1. The van der Waals surface area contributed by atoms with Crippen molar-refractivity contribution < 1.29 is 9.18 Å². The minimum Gasteiger partial charge on any atom is -0.336 e. The van der Waals surface area contributed by atoms with Crippen LogP contribution in [0, 0.1) is 18.7 Å². The summed E-state index contributed by atoms with van der Waals surface area (Å²) in [6.07, 6.45) is 9.12. The Bertz CT molecular complexity index is 1850. The molecule has 6 aromatic heterocycles. The van der Waals surface area contributed by atoms with Gasteiger partial charge in [-0.1, -0.05) is 6.42 Å². The van der Waals surface area contributed by atoms with E-state index in [-0.39, 0.29) is 22.8 Å². The zero-order valence-electron chi connectivity index (χ0n) is 20.2. The van der Waals surface area contributed by atoms with Crippen LogP contribution in [0.1, 0.15) is 24.1 Å². The van der Waals surface area contributed by atoms with Crippen LogP contribution < -0.4 is 5.32 Å². The van der Waals surface area contributed by atoms with Crippen molar-refractivity contribution in [1.82, 2.24) is 35.1 Å². The Labute approximate surface area is 219 Å². The normalized spacial score (nSPS) is 13.7. The molecule has 1 fully saturated rings. The molecule has 0 spiro atoms. The molecule has 188 valence electrons. The van der Waals surface area contributed by atoms with Crippen LogP contribution in [0.4, 0.5) is 10.1 Å². The number of thiophene rings is 1. The third-order valence-electron chi connectivity index (χ3n) is 6.92. The van der Waals surface area contributed by atoms with Gasteiger partial charge < -0.3 is 10.3 Å². The van der Waals surface area contributed by atoms with Gasteiger partial charge in [-0.05, 0) is 44.0 Å². The number of nitrogens with one attached hydrogen (secondary N) is 3. The molecular formula is C27H21FN8OS. The Morgan fingerprint density at radius 3 is 2.82 bits per heavy atom. The summed E-state index contributed by atoms with van der Waals surface area (Å²) in [5.41, 5.74) is 4.11. The smallest absolute Gasteiger partial charge is 0.227 e. The van der Waals surface area contributed by atoms with Gasteiger partial charge in [0.2, 0.25) is 5.91 Å². The van der Waals surface area contributed by atoms with Gasteiger partial charge in [-0.15, -0.1) is 11.3 Å². The number of fused-ring (bicyclic) bond motifs is 2. The molecule has 7 rings (SSSR count). The summed E-state index contributed by atoms with van der Waals surface area (Å²) in [5.74, 6) is -0.0925. The highest BCUT2D eigenvalue weighted by Crippen LogP contribution is 2.36. The molecule has 3 N–H and O–H groups in total. The van der Waals surface area contributed by atoms with Crippen molar-refractivity contribution in [3.05, 3.63) is 59.7 Å². The van der Waals surface area contributed by atoms with E-state index in [2.05, 4.69) is 35.5 Å². The number of nitrogens with zero attached hydrogens (tertiary/aromatic N) is 5. The second-order valence-electron chi connectivity index (χ2n) is 9.41. The Kier molecular flexibility index (Phi) is 5.25. The molecular weight excluding hydrogens is 503 g/mol. The van der Waals surface area contributed by atoms with E-state index in [1.165, 1.54) is 11.1 Å². The summed E-state index contributed by atoms with van der Waals surface area (Å²) < 4.78 is 16.1. The van der Waals surface area contributed by atoms with Crippen molar-refractivity contribution in [3.8, 4) is 33.2 Å². The molecule has 9 nitrogen and oxygen atoms in total. The molecule has 0 bridgehead atoms. The maximum Gasteiger partial charge on any atom is 0.227 e. The molecule has 6 aromatic rings. The first-order valence-corrected chi connectivity index (χ1v) is 13.1. The third-order valence-corrected chi connectivity index (χ3v) is 7.93. The minimum atomic E-state index is -0.504. The molecule has 1 aliphatic carbocycles. The van der Waals surface area contributed by atoms with E-state index in [0.29, 0.717) is 33.9 Å². The summed E-state index contributed by atoms with van der Waals surface area (Å²) in [7, 11) is 0. The number of imidazole rings is 1. The number of amides is 1. The predicted octanol–water partition coefficient (Wildman–Crippen LogP) is 5.87. The molecule has 0 atom stereocenters. The van der Waals surface area contributed by atoms with Crippen LogP contribution in [0.25, 0.3) is 55.3 Å². The number of aryl methyl sites for hydroxylation is 1. The molecule has 0 unspecified atom stereocenters. The molecule has 1 amide bonds. The number of H-pyrrole nitrogens is 2. The number of anilines is 1. The zero-order chi connectivity index (χ0) is 25.8. The Morgan fingerprint density at radius 1 is 1.13 bits per heavy atom. The van der Waals surface area contributed by atoms with Crippen LogP contribution in [-0.2, 0) is 4.79 Å². The number of carbonyl (C=O) groups is 1. The molecule has 0 radical (unpaired) electrons. The number of hydrogen-bond acceptors (Lipinski definition) is 7. The molecule has 38 heavy (non-hydrogen) atoms. The largest absolute Gasteiger partial charge is 0.336 e. The quantitative estimate of drug-likeness (QED) is 0.259. The van der Waals surface area contributed by atoms with Crippen molar-refractivity contribution in [3.63, 3.8) is 0 Å². The molecule has 0 saturated heterocycles. The van der Waals surface area contributed by atoms with Crippen LogP contribution in [0.2, 0.25) is 0 Å². The van der Waals surface area contributed by atoms with Crippen molar-refractivity contribution in [1.29, 1.82) is 0 Å². The number of rotatable bonds is 5. The number of pyridine rings is 3. The van der Waals surface area contributed by atoms with Gasteiger partial charge in [0, 0.05) is 40.5 Å². The fourth-order valence-corrected chi connectivity index (χ4v) is 5.55. The first kappa shape index (κ1) is 22.7. The lowest BCUT2D eigenvalue weighted by molar-refractivity contribution is -0.122. The first-order chi connectivity index (χ1) is 18.5. The lowest BCUT2D eigenvalue weighted by atomic mass is 9.85. The first-order valence-electron chi connectivity index (χ1n) is 12.3. The van der Waals surface area contributed by atoms with Crippen LogP contribution in [0.3, 0.4) is 0 Å². The second-order valence-corrected chi connectivity index (χ2v) is 10.7. The topological polar surface area (TPSA) is 125 Å². The van der Waals surface area contributed by atoms with Gasteiger partial charge in [0.05, 0.1) is 27.7 Å². The highest BCUT2D eigenvalue weighted by atomic mass is 32.1. The minimum absolute atomic E-state index is 0.0298. The highest BCUT2D eigenvalue weighted by molar-refractivity contribution is 7.15. The third kappa shape index (κ3) is 3.74. The van der Waals surface area contributed by atoms with Crippen molar-refractivity contribution in [2.45, 2.75) is 26.2 Å². The second kappa shape index (κ2) is 8.80. The van der Waals surface area contributed by atoms with E-state index in [1.807, 2.05) is 25.1 Å². The molecule has 1 saturated carbocycles. The number of halogens is 1. The Hall–Kier alpha value is -4.51. The van der Waals surface area contributed by atoms with Crippen LogP contribution in [0.15, 0.2) is 49.1 Å². The van der Waals surface area contributed by atoms with Gasteiger partial charge in [-0.25, -0.2) is 14.4 Å². The van der Waals surface area contributed by atoms with E-state index in [0.717, 1.165) is 35.4 Å². The fraction of sp³-hybridized carbons (Fsp3) is 0.185. The average molecular weight is 525 g/mol. The Morgan fingerprint density at radius 2 is 2.03 bits per heavy atom. The maximum atomic E-state index is 16.1. The van der Waals surface area contributed by atoms with Crippen LogP contribution >= 0.6 is 11.3 Å². The lowest BCUT2D eigenvalue weighted by Crippen LogP contribution is -2.28. The zero-order valence-corrected chi connectivity index (χ0v) is 21.1. The van der Waals surface area contributed by atoms with E-state index < -0.39 is 5.82 Å². The summed E-state index contributed by atoms with van der Waals surface area (Å²) in [6.45, 7) is 2.04. The fourth-order valence-electron chi connectivity index (χ4n) is 4.69. The maximum absolute atomic E-state index is 16.1. The highest BCUT2D eigenvalue weighted by Gasteiger charge is 2.26. The molecule has 6 heterocycles. The molecule has 0 aromatic carbocycles. The number of aromatic nitrogens is 7. The van der Waals surface area contributed by atoms with E-state index in [9.17, 15) is 4.79 Å². The van der Waals surface area contributed by atoms with Gasteiger partial charge >= 0.3 is 0 Å². The van der Waals surface area contributed by atoms with Crippen molar-refractivity contribution >= 4 is 45.0 Å². The average Bonchev–Trinajstić information content (AvgIpc) is 3.61. The monoisotopic (exact) mass is 524 g/mol. The van der Waals surface area contributed by atoms with Crippen molar-refractivity contribution in [2.24, 2.45) is 5.92 Å².